The van der Waals surface area contributed by atoms with Crippen LogP contribution in [0.4, 0.5) is 0 Å². The van der Waals surface area contributed by atoms with Crippen LogP contribution in [0.1, 0.15) is 13.3 Å². The molecule has 0 radical (unpaired) electrons. The van der Waals surface area contributed by atoms with Crippen molar-refractivity contribution in [3.63, 3.8) is 0 Å². The first kappa shape index (κ1) is 11.9. The van der Waals surface area contributed by atoms with E-state index in [0.29, 0.717) is 19.6 Å². The summed E-state index contributed by atoms with van der Waals surface area (Å²) in [5.41, 5.74) is 4.95. The van der Waals surface area contributed by atoms with Crippen molar-refractivity contribution in [3.8, 4) is 0 Å². The highest BCUT2D eigenvalue weighted by Gasteiger charge is 2.62. The molecule has 1 aliphatic rings. The van der Waals surface area contributed by atoms with Gasteiger partial charge < -0.3 is 10.5 Å². The van der Waals surface area contributed by atoms with E-state index in [1.165, 1.54) is 6.26 Å². The van der Waals surface area contributed by atoms with E-state index in [4.69, 9.17) is 22.7 Å². The zero-order valence-corrected chi connectivity index (χ0v) is 9.95. The second-order valence-corrected chi connectivity index (χ2v) is 6.35. The lowest BCUT2D eigenvalue weighted by Gasteiger charge is -2.14. The predicted molar refractivity (Wildman–Crippen MR) is 59.0 cm³/mol. The number of thiocarbonyl (C=S) groups is 1. The largest absolute Gasteiger partial charge is 0.393 e. The Morgan fingerprint density at radius 2 is 2.29 bits per heavy atom. The van der Waals surface area contributed by atoms with Crippen molar-refractivity contribution >= 4 is 27.0 Å². The van der Waals surface area contributed by atoms with Crippen LogP contribution in [0.15, 0.2) is 0 Å². The molecular weight excluding hydrogens is 222 g/mol. The zero-order valence-electron chi connectivity index (χ0n) is 8.32. The maximum atomic E-state index is 11.3. The van der Waals surface area contributed by atoms with Crippen LogP contribution in [0, 0.1) is 5.41 Å². The topological polar surface area (TPSA) is 69.4 Å². The average Bonchev–Trinajstić information content (AvgIpc) is 2.75. The highest BCUT2D eigenvalue weighted by atomic mass is 32.2. The molecule has 0 aromatic rings. The quantitative estimate of drug-likeness (QED) is 0.687. The van der Waals surface area contributed by atoms with Gasteiger partial charge >= 0.3 is 0 Å². The fraction of sp³-hybridized carbons (Fsp3) is 0.875. The SMILES string of the molecule is CCOC[C@]1(C(N)=S)C[C@H]1S(C)(=O)=O. The van der Waals surface area contributed by atoms with E-state index in [1.54, 1.807) is 0 Å². The Hall–Kier alpha value is -0.200. The summed E-state index contributed by atoms with van der Waals surface area (Å²) in [5.74, 6) is 0. The van der Waals surface area contributed by atoms with Crippen molar-refractivity contribution in [2.45, 2.75) is 18.6 Å². The van der Waals surface area contributed by atoms with Gasteiger partial charge in [0.1, 0.15) is 0 Å². The summed E-state index contributed by atoms with van der Waals surface area (Å²) >= 11 is 4.89. The molecule has 2 N–H and O–H groups in total. The highest BCUT2D eigenvalue weighted by Crippen LogP contribution is 2.51. The summed E-state index contributed by atoms with van der Waals surface area (Å²) in [7, 11) is -3.06. The number of nitrogens with two attached hydrogens (primary N) is 1. The molecule has 0 aliphatic heterocycles. The van der Waals surface area contributed by atoms with Gasteiger partial charge in [-0.3, -0.25) is 0 Å². The smallest absolute Gasteiger partial charge is 0.151 e. The molecule has 82 valence electrons. The highest BCUT2D eigenvalue weighted by molar-refractivity contribution is 7.91. The van der Waals surface area contributed by atoms with Gasteiger partial charge in [0.25, 0.3) is 0 Å². The van der Waals surface area contributed by atoms with E-state index in [9.17, 15) is 8.42 Å². The van der Waals surface area contributed by atoms with Crippen molar-refractivity contribution < 1.29 is 13.2 Å². The second-order valence-electron chi connectivity index (χ2n) is 3.68. The van der Waals surface area contributed by atoms with Gasteiger partial charge in [-0.25, -0.2) is 8.42 Å². The van der Waals surface area contributed by atoms with Gasteiger partial charge in [-0.15, -0.1) is 0 Å². The predicted octanol–water partition coefficient (Wildman–Crippen LogP) is 0.112. The number of sulfone groups is 1. The van der Waals surface area contributed by atoms with Gasteiger partial charge in [0.05, 0.1) is 22.3 Å². The summed E-state index contributed by atoms with van der Waals surface area (Å²) in [6, 6.07) is 0. The van der Waals surface area contributed by atoms with Crippen LogP contribution in [-0.2, 0) is 14.6 Å². The summed E-state index contributed by atoms with van der Waals surface area (Å²) in [6.07, 6.45) is 1.71. The van der Waals surface area contributed by atoms with Gasteiger partial charge in [0.15, 0.2) is 9.84 Å². The maximum Gasteiger partial charge on any atom is 0.151 e. The van der Waals surface area contributed by atoms with E-state index in [2.05, 4.69) is 0 Å². The number of ether oxygens (including phenoxy) is 1. The minimum Gasteiger partial charge on any atom is -0.393 e. The normalized spacial score (nSPS) is 31.4. The lowest BCUT2D eigenvalue weighted by Crippen LogP contribution is -2.32. The molecule has 0 aromatic heterocycles. The van der Waals surface area contributed by atoms with Crippen LogP contribution in [0.3, 0.4) is 0 Å². The molecule has 0 unspecified atom stereocenters. The van der Waals surface area contributed by atoms with E-state index in [-0.39, 0.29) is 4.99 Å². The molecule has 0 spiro atoms. The van der Waals surface area contributed by atoms with Gasteiger partial charge in [-0.1, -0.05) is 12.2 Å². The molecule has 0 heterocycles. The molecule has 1 fully saturated rings. The Morgan fingerprint density at radius 3 is 2.57 bits per heavy atom. The molecule has 1 saturated carbocycles. The van der Waals surface area contributed by atoms with Crippen LogP contribution in [0.2, 0.25) is 0 Å². The summed E-state index contributed by atoms with van der Waals surface area (Å²) < 4.78 is 27.8. The molecule has 14 heavy (non-hydrogen) atoms. The lowest BCUT2D eigenvalue weighted by molar-refractivity contribution is 0.123. The summed E-state index contributed by atoms with van der Waals surface area (Å²) in [6.45, 7) is 2.71. The summed E-state index contributed by atoms with van der Waals surface area (Å²) in [4.78, 5) is 0.251. The molecule has 4 nitrogen and oxygen atoms in total. The van der Waals surface area contributed by atoms with Crippen LogP contribution in [0.25, 0.3) is 0 Å². The molecular formula is C8H15NO3S2. The van der Waals surface area contributed by atoms with Crippen LogP contribution in [0.5, 0.6) is 0 Å². The molecule has 2 atom stereocenters. The van der Waals surface area contributed by atoms with Crippen molar-refractivity contribution in [2.24, 2.45) is 11.1 Å². The molecule has 0 aromatic carbocycles. The first-order valence-electron chi connectivity index (χ1n) is 4.41. The number of hydrogen-bond donors (Lipinski definition) is 1. The van der Waals surface area contributed by atoms with Crippen molar-refractivity contribution in [1.29, 1.82) is 0 Å². The number of rotatable bonds is 5. The molecule has 1 rings (SSSR count). The molecule has 1 aliphatic carbocycles. The van der Waals surface area contributed by atoms with Crippen molar-refractivity contribution in [3.05, 3.63) is 0 Å². The fourth-order valence-electron chi connectivity index (χ4n) is 1.60. The maximum absolute atomic E-state index is 11.3. The standard InChI is InChI=1S/C8H15NO3S2/c1-3-12-5-8(7(9)13)4-6(8)14(2,10)11/h6H,3-5H2,1-2H3,(H2,9,13)/t6-,8-/m1/s1. The monoisotopic (exact) mass is 237 g/mol. The third kappa shape index (κ3) is 2.07. The fourth-order valence-corrected chi connectivity index (χ4v) is 3.57. The minimum atomic E-state index is -3.06. The molecule has 0 bridgehead atoms. The molecule has 0 amide bonds. The second kappa shape index (κ2) is 3.75. The van der Waals surface area contributed by atoms with E-state index in [0.717, 1.165) is 0 Å². The first-order valence-corrected chi connectivity index (χ1v) is 6.77. The Labute approximate surface area is 89.7 Å². The van der Waals surface area contributed by atoms with E-state index >= 15 is 0 Å². The van der Waals surface area contributed by atoms with Crippen molar-refractivity contribution in [1.82, 2.24) is 0 Å². The lowest BCUT2D eigenvalue weighted by atomic mass is 10.1. The van der Waals surface area contributed by atoms with E-state index < -0.39 is 20.5 Å². The van der Waals surface area contributed by atoms with Crippen molar-refractivity contribution in [2.75, 3.05) is 19.5 Å². The van der Waals surface area contributed by atoms with Crippen LogP contribution >= 0.6 is 12.2 Å². The van der Waals surface area contributed by atoms with Gasteiger partial charge in [0.2, 0.25) is 0 Å². The molecule has 0 saturated heterocycles. The van der Waals surface area contributed by atoms with Gasteiger partial charge in [0, 0.05) is 12.9 Å². The van der Waals surface area contributed by atoms with Crippen LogP contribution < -0.4 is 5.73 Å². The minimum absolute atomic E-state index is 0.251. The number of hydrogen-bond acceptors (Lipinski definition) is 4. The third-order valence-corrected chi connectivity index (χ3v) is 4.64. The zero-order chi connectivity index (χ0) is 11.0. The van der Waals surface area contributed by atoms with Crippen LogP contribution in [-0.4, -0.2) is 38.1 Å². The van der Waals surface area contributed by atoms with Gasteiger partial charge in [-0.05, 0) is 13.3 Å². The Kier molecular flexibility index (Phi) is 3.18. The third-order valence-electron chi connectivity index (χ3n) is 2.58. The first-order chi connectivity index (χ1) is 6.34. The molecule has 6 heteroatoms. The van der Waals surface area contributed by atoms with E-state index in [1.807, 2.05) is 6.92 Å². The summed E-state index contributed by atoms with van der Waals surface area (Å²) in [5, 5.41) is -0.445. The van der Waals surface area contributed by atoms with Gasteiger partial charge in [-0.2, -0.15) is 0 Å². The average molecular weight is 237 g/mol. The Balaban J connectivity index is 2.76. The Morgan fingerprint density at radius 1 is 1.71 bits per heavy atom. The Bertz CT molecular complexity index is 338.